The predicted octanol–water partition coefficient (Wildman–Crippen LogP) is 4.82. The molecule has 0 unspecified atom stereocenters. The molecule has 0 bridgehead atoms. The van der Waals surface area contributed by atoms with Gasteiger partial charge < -0.3 is 10.2 Å². The molecule has 0 radical (unpaired) electrons. The van der Waals surface area contributed by atoms with Gasteiger partial charge in [-0.15, -0.1) is 0 Å². The van der Waals surface area contributed by atoms with Gasteiger partial charge in [0.2, 0.25) is 5.91 Å². The minimum Gasteiger partial charge on any atom is -0.370 e. The molecule has 2 aromatic carbocycles. The maximum Gasteiger partial charge on any atom is 0.262 e. The third-order valence-electron chi connectivity index (χ3n) is 6.51. The predicted molar refractivity (Wildman–Crippen MR) is 148 cm³/mol. The number of carbonyl (C=O) groups excluding carboxylic acids is 1. The summed E-state index contributed by atoms with van der Waals surface area (Å²) in [5.74, 6) is 0.0408. The number of nitrogens with one attached hydrogen (secondary N) is 1. The Hall–Kier alpha value is -2.61. The van der Waals surface area contributed by atoms with Crippen molar-refractivity contribution in [1.82, 2.24) is 19.8 Å². The van der Waals surface area contributed by atoms with Crippen LogP contribution in [0.25, 0.3) is 22.3 Å². The Kier molecular flexibility index (Phi) is 8.23. The topological polar surface area (TPSA) is 70.5 Å². The normalized spacial score (nSPS) is 15.1. The first-order valence-corrected chi connectivity index (χ1v) is 13.2. The summed E-state index contributed by atoms with van der Waals surface area (Å²) in [6.07, 6.45) is 1.06. The third-order valence-corrected chi connectivity index (χ3v) is 7.33. The van der Waals surface area contributed by atoms with Crippen molar-refractivity contribution < 1.29 is 4.79 Å². The molecule has 192 valence electrons. The molecule has 0 atom stereocenters. The number of halogens is 2. The van der Waals surface area contributed by atoms with Crippen molar-refractivity contribution in [1.29, 1.82) is 0 Å². The van der Waals surface area contributed by atoms with Gasteiger partial charge in [0.1, 0.15) is 12.4 Å². The average Bonchev–Trinajstić information content (AvgIpc) is 3.09. The molecule has 1 aliphatic heterocycles. The second kappa shape index (κ2) is 11.2. The van der Waals surface area contributed by atoms with Crippen LogP contribution < -0.4 is 15.8 Å². The second-order valence-corrected chi connectivity index (χ2v) is 10.6. The van der Waals surface area contributed by atoms with Gasteiger partial charge in [-0.25, -0.2) is 4.98 Å². The maximum absolute atomic E-state index is 13.8. The Morgan fingerprint density at radius 3 is 2.56 bits per heavy atom. The highest BCUT2D eigenvalue weighted by Gasteiger charge is 2.21. The van der Waals surface area contributed by atoms with E-state index in [-0.39, 0.29) is 24.1 Å². The number of hydrogen-bond acceptors (Lipinski definition) is 5. The lowest BCUT2D eigenvalue weighted by Gasteiger charge is -2.26. The van der Waals surface area contributed by atoms with E-state index in [0.29, 0.717) is 38.4 Å². The van der Waals surface area contributed by atoms with E-state index in [1.54, 1.807) is 18.2 Å². The van der Waals surface area contributed by atoms with Gasteiger partial charge in [0.25, 0.3) is 5.56 Å². The molecule has 1 amide bonds. The summed E-state index contributed by atoms with van der Waals surface area (Å²) in [6, 6.07) is 11.4. The van der Waals surface area contributed by atoms with E-state index in [1.165, 1.54) is 4.57 Å². The van der Waals surface area contributed by atoms with E-state index in [0.717, 1.165) is 38.3 Å². The van der Waals surface area contributed by atoms with Gasteiger partial charge in [-0.3, -0.25) is 19.1 Å². The quantitative estimate of drug-likeness (QED) is 0.495. The van der Waals surface area contributed by atoms with Crippen LogP contribution in [0.3, 0.4) is 0 Å². The van der Waals surface area contributed by atoms with Crippen LogP contribution in [0.4, 0.5) is 5.69 Å². The van der Waals surface area contributed by atoms with E-state index >= 15 is 0 Å². The van der Waals surface area contributed by atoms with Crippen molar-refractivity contribution in [3.8, 4) is 11.4 Å². The highest BCUT2D eigenvalue weighted by atomic mass is 35.5. The van der Waals surface area contributed by atoms with Crippen molar-refractivity contribution in [3.05, 3.63) is 56.8 Å². The van der Waals surface area contributed by atoms with Crippen molar-refractivity contribution >= 4 is 45.7 Å². The first-order chi connectivity index (χ1) is 17.2. The summed E-state index contributed by atoms with van der Waals surface area (Å²) in [5, 5.41) is 3.97. The fraction of sp³-hybridized carbons (Fsp3) is 0.444. The molecule has 0 aliphatic carbocycles. The van der Waals surface area contributed by atoms with Crippen LogP contribution >= 0.6 is 23.2 Å². The van der Waals surface area contributed by atoms with Gasteiger partial charge in [0.05, 0.1) is 20.9 Å². The fourth-order valence-corrected chi connectivity index (χ4v) is 5.04. The lowest BCUT2D eigenvalue weighted by molar-refractivity contribution is -0.122. The Bertz CT molecular complexity index is 1320. The number of benzene rings is 2. The van der Waals surface area contributed by atoms with Gasteiger partial charge in [-0.2, -0.15) is 0 Å². The molecule has 4 rings (SSSR count). The van der Waals surface area contributed by atoms with Crippen molar-refractivity contribution in [2.45, 2.75) is 52.7 Å². The number of rotatable bonds is 6. The Morgan fingerprint density at radius 1 is 1.06 bits per heavy atom. The second-order valence-electron chi connectivity index (χ2n) is 9.82. The average molecular weight is 531 g/mol. The van der Waals surface area contributed by atoms with E-state index in [9.17, 15) is 9.59 Å². The summed E-state index contributed by atoms with van der Waals surface area (Å²) in [5.41, 5.74) is 1.75. The zero-order valence-corrected chi connectivity index (χ0v) is 22.7. The minimum absolute atomic E-state index is 0.0557. The minimum atomic E-state index is -0.287. The standard InChI is InChI=1S/C27H33Cl2N5O2/c1-17(2)30-24(35)16-34-26(20-7-5-8-22(28)25(20)29)31-23-10-9-19(15-21(23)27(34)36)33-12-6-11-32(13-14-33)18(3)4/h5,7-10,15,17-18H,6,11-14,16H2,1-4H3,(H,30,35). The largest absolute Gasteiger partial charge is 0.370 e. The van der Waals surface area contributed by atoms with Crippen LogP contribution in [0.2, 0.25) is 10.0 Å². The smallest absolute Gasteiger partial charge is 0.262 e. The van der Waals surface area contributed by atoms with Crippen LogP contribution in [0.15, 0.2) is 41.2 Å². The molecule has 1 aliphatic rings. The monoisotopic (exact) mass is 529 g/mol. The number of fused-ring (bicyclic) bond motifs is 1. The molecule has 0 spiro atoms. The number of anilines is 1. The molecule has 0 saturated carbocycles. The molecule has 9 heteroatoms. The molecule has 7 nitrogen and oxygen atoms in total. The van der Waals surface area contributed by atoms with Crippen LogP contribution in [0.1, 0.15) is 34.1 Å². The van der Waals surface area contributed by atoms with Crippen LogP contribution in [0, 0.1) is 0 Å². The maximum atomic E-state index is 13.8. The molecule has 1 N–H and O–H groups in total. The van der Waals surface area contributed by atoms with E-state index in [4.69, 9.17) is 28.2 Å². The molecule has 2 heterocycles. The summed E-state index contributed by atoms with van der Waals surface area (Å²) >= 11 is 12.8. The van der Waals surface area contributed by atoms with Crippen LogP contribution in [-0.2, 0) is 11.3 Å². The van der Waals surface area contributed by atoms with Gasteiger partial charge in [-0.05, 0) is 64.4 Å². The van der Waals surface area contributed by atoms with Gasteiger partial charge >= 0.3 is 0 Å². The highest BCUT2D eigenvalue weighted by Crippen LogP contribution is 2.33. The van der Waals surface area contributed by atoms with Crippen molar-refractivity contribution in [2.24, 2.45) is 0 Å². The molecular weight excluding hydrogens is 497 g/mol. The molecular formula is C27H33Cl2N5O2. The Labute approximate surface area is 222 Å². The molecule has 3 aromatic rings. The van der Waals surface area contributed by atoms with Crippen molar-refractivity contribution in [3.63, 3.8) is 0 Å². The number of carbonyl (C=O) groups is 1. The van der Waals surface area contributed by atoms with E-state index in [1.807, 2.05) is 32.0 Å². The van der Waals surface area contributed by atoms with Crippen molar-refractivity contribution in [2.75, 3.05) is 31.1 Å². The van der Waals surface area contributed by atoms with E-state index < -0.39 is 0 Å². The lowest BCUT2D eigenvalue weighted by atomic mass is 10.1. The SMILES string of the molecule is CC(C)NC(=O)Cn1c(-c2cccc(Cl)c2Cl)nc2ccc(N3CCCN(C(C)C)CC3)cc2c1=O. The molecule has 1 aromatic heterocycles. The first-order valence-electron chi connectivity index (χ1n) is 12.4. The Balaban J connectivity index is 1.81. The van der Waals surface area contributed by atoms with E-state index in [2.05, 4.69) is 29.0 Å². The number of hydrogen-bond donors (Lipinski definition) is 1. The molecule has 1 fully saturated rings. The first kappa shape index (κ1) is 26.5. The number of aromatic nitrogens is 2. The van der Waals surface area contributed by atoms with Crippen LogP contribution in [-0.4, -0.2) is 58.6 Å². The summed E-state index contributed by atoms with van der Waals surface area (Å²) in [6.45, 7) is 11.9. The number of nitrogens with zero attached hydrogens (tertiary/aromatic N) is 4. The molecule has 36 heavy (non-hydrogen) atoms. The Morgan fingerprint density at radius 2 is 1.83 bits per heavy atom. The zero-order chi connectivity index (χ0) is 26.0. The van der Waals surface area contributed by atoms with Gasteiger partial charge in [-0.1, -0.05) is 29.3 Å². The fourth-order valence-electron chi connectivity index (χ4n) is 4.66. The lowest BCUT2D eigenvalue weighted by Crippen LogP contribution is -2.37. The van der Waals surface area contributed by atoms with Crippen LogP contribution in [0.5, 0.6) is 0 Å². The van der Waals surface area contributed by atoms with Gasteiger partial charge in [0.15, 0.2) is 0 Å². The summed E-state index contributed by atoms with van der Waals surface area (Å²) in [4.78, 5) is 36.1. The summed E-state index contributed by atoms with van der Waals surface area (Å²) < 4.78 is 1.39. The summed E-state index contributed by atoms with van der Waals surface area (Å²) in [7, 11) is 0. The number of amides is 1. The third kappa shape index (κ3) is 5.69. The highest BCUT2D eigenvalue weighted by molar-refractivity contribution is 6.43. The molecule has 1 saturated heterocycles. The zero-order valence-electron chi connectivity index (χ0n) is 21.2. The van der Waals surface area contributed by atoms with Gasteiger partial charge in [0, 0.05) is 49.5 Å².